The Morgan fingerprint density at radius 2 is 1.69 bits per heavy atom. The van der Waals surface area contributed by atoms with E-state index in [1.54, 1.807) is 33.7 Å². The number of carbonyl (C=O) groups is 1. The quantitative estimate of drug-likeness (QED) is 0.290. The lowest BCUT2D eigenvalue weighted by atomic mass is 9.96. The molecule has 6 heteroatoms. The van der Waals surface area contributed by atoms with Gasteiger partial charge in [-0.05, 0) is 56.2 Å². The van der Waals surface area contributed by atoms with E-state index in [0.29, 0.717) is 29.4 Å². The van der Waals surface area contributed by atoms with Crippen LogP contribution in [0, 0.1) is 13.8 Å². The minimum atomic E-state index is -0.172. The highest BCUT2D eigenvalue weighted by atomic mass is 16.5. The molecule has 6 nitrogen and oxygen atoms in total. The first-order valence-corrected chi connectivity index (χ1v) is 11.7. The van der Waals surface area contributed by atoms with Crippen molar-refractivity contribution in [3.63, 3.8) is 0 Å². The molecule has 1 amide bonds. The zero-order chi connectivity index (χ0) is 25.8. The predicted molar refractivity (Wildman–Crippen MR) is 143 cm³/mol. The Hall–Kier alpha value is -4.19. The molecule has 1 N–H and O–H groups in total. The standard InChI is InChI=1S/C30H31NO5/c1-18-7-9-21(10-8-18)16-31-28(32)13-19(2)23-15-25-26(17-36-30(25)20(3)29(23)35-6)24-14-22(33-4)11-12-27(24)34-5/h7-15,17H,16H2,1-6H3,(H,31,32)/b19-13+. The summed E-state index contributed by atoms with van der Waals surface area (Å²) in [5.41, 5.74) is 7.11. The van der Waals surface area contributed by atoms with E-state index in [0.717, 1.165) is 38.8 Å². The smallest absolute Gasteiger partial charge is 0.244 e. The molecule has 4 aromatic rings. The third-order valence-corrected chi connectivity index (χ3v) is 6.30. The van der Waals surface area contributed by atoms with Crippen LogP contribution in [0.5, 0.6) is 17.2 Å². The number of hydrogen-bond acceptors (Lipinski definition) is 5. The van der Waals surface area contributed by atoms with Gasteiger partial charge in [-0.25, -0.2) is 0 Å². The van der Waals surface area contributed by atoms with Crippen LogP contribution in [-0.4, -0.2) is 27.2 Å². The number of benzene rings is 3. The Balaban J connectivity index is 1.73. The molecule has 0 fully saturated rings. The van der Waals surface area contributed by atoms with E-state index in [2.05, 4.69) is 5.32 Å². The van der Waals surface area contributed by atoms with E-state index in [1.165, 1.54) is 5.56 Å². The summed E-state index contributed by atoms with van der Waals surface area (Å²) >= 11 is 0. The second-order valence-corrected chi connectivity index (χ2v) is 8.71. The fourth-order valence-electron chi connectivity index (χ4n) is 4.33. The lowest BCUT2D eigenvalue weighted by molar-refractivity contribution is -0.116. The van der Waals surface area contributed by atoms with Crippen molar-refractivity contribution in [2.75, 3.05) is 21.3 Å². The molecule has 0 radical (unpaired) electrons. The van der Waals surface area contributed by atoms with Crippen LogP contribution in [0.1, 0.15) is 29.2 Å². The van der Waals surface area contributed by atoms with Gasteiger partial charge in [0.25, 0.3) is 0 Å². The third-order valence-electron chi connectivity index (χ3n) is 6.30. The third kappa shape index (κ3) is 4.93. The van der Waals surface area contributed by atoms with Crippen LogP contribution in [0.15, 0.2) is 65.3 Å². The van der Waals surface area contributed by atoms with Gasteiger partial charge in [0.1, 0.15) is 22.8 Å². The number of aryl methyl sites for hydroxylation is 2. The molecule has 0 aliphatic rings. The van der Waals surface area contributed by atoms with E-state index < -0.39 is 0 Å². The molecule has 1 heterocycles. The summed E-state index contributed by atoms with van der Waals surface area (Å²) in [5, 5.41) is 3.85. The van der Waals surface area contributed by atoms with Crippen molar-refractivity contribution in [1.82, 2.24) is 5.32 Å². The summed E-state index contributed by atoms with van der Waals surface area (Å²) in [5.74, 6) is 1.92. The number of amides is 1. The molecule has 1 aromatic heterocycles. The van der Waals surface area contributed by atoms with Crippen LogP contribution in [0.25, 0.3) is 27.7 Å². The van der Waals surface area contributed by atoms with E-state index in [-0.39, 0.29) is 5.91 Å². The summed E-state index contributed by atoms with van der Waals surface area (Å²) in [6.45, 7) is 6.35. The molecular weight excluding hydrogens is 454 g/mol. The van der Waals surface area contributed by atoms with Crippen molar-refractivity contribution in [2.24, 2.45) is 0 Å². The fraction of sp³-hybridized carbons (Fsp3) is 0.233. The summed E-state index contributed by atoms with van der Waals surface area (Å²) in [7, 11) is 4.89. The molecule has 3 aromatic carbocycles. The van der Waals surface area contributed by atoms with Crippen molar-refractivity contribution in [3.8, 4) is 28.4 Å². The first-order chi connectivity index (χ1) is 17.4. The zero-order valence-electron chi connectivity index (χ0n) is 21.5. The molecule has 0 aliphatic heterocycles. The highest BCUT2D eigenvalue weighted by Crippen LogP contribution is 2.43. The van der Waals surface area contributed by atoms with Crippen LogP contribution in [0.3, 0.4) is 0 Å². The Labute approximate surface area is 211 Å². The summed E-state index contributed by atoms with van der Waals surface area (Å²) in [6.07, 6.45) is 3.31. The number of hydrogen-bond donors (Lipinski definition) is 1. The minimum absolute atomic E-state index is 0.172. The molecular formula is C30H31NO5. The second kappa shape index (κ2) is 10.6. The molecule has 0 saturated carbocycles. The molecule has 0 atom stereocenters. The van der Waals surface area contributed by atoms with Crippen molar-refractivity contribution in [1.29, 1.82) is 0 Å². The highest BCUT2D eigenvalue weighted by Gasteiger charge is 2.20. The average Bonchev–Trinajstić information content (AvgIpc) is 3.32. The molecule has 0 aliphatic carbocycles. The van der Waals surface area contributed by atoms with Crippen LogP contribution in [0.4, 0.5) is 0 Å². The van der Waals surface area contributed by atoms with E-state index in [1.807, 2.05) is 69.3 Å². The van der Waals surface area contributed by atoms with Crippen molar-refractivity contribution >= 4 is 22.4 Å². The number of allylic oxidation sites excluding steroid dienone is 1. The highest BCUT2D eigenvalue weighted by molar-refractivity contribution is 6.02. The summed E-state index contributed by atoms with van der Waals surface area (Å²) in [6, 6.07) is 15.7. The summed E-state index contributed by atoms with van der Waals surface area (Å²) < 4.78 is 22.8. The normalized spacial score (nSPS) is 11.4. The number of carbonyl (C=O) groups excluding carboxylic acids is 1. The minimum Gasteiger partial charge on any atom is -0.497 e. The molecule has 186 valence electrons. The van der Waals surface area contributed by atoms with Gasteiger partial charge in [0.05, 0.1) is 27.6 Å². The molecule has 0 bridgehead atoms. The van der Waals surface area contributed by atoms with E-state index >= 15 is 0 Å². The van der Waals surface area contributed by atoms with E-state index in [4.69, 9.17) is 18.6 Å². The number of furan rings is 1. The fourth-order valence-corrected chi connectivity index (χ4v) is 4.33. The molecule has 36 heavy (non-hydrogen) atoms. The maximum Gasteiger partial charge on any atom is 0.244 e. The van der Waals surface area contributed by atoms with Gasteiger partial charge < -0.3 is 23.9 Å². The van der Waals surface area contributed by atoms with Gasteiger partial charge in [0, 0.05) is 40.3 Å². The predicted octanol–water partition coefficient (Wildman–Crippen LogP) is 6.46. The first-order valence-electron chi connectivity index (χ1n) is 11.7. The van der Waals surface area contributed by atoms with Gasteiger partial charge in [-0.2, -0.15) is 0 Å². The van der Waals surface area contributed by atoms with Crippen LogP contribution < -0.4 is 19.5 Å². The maximum atomic E-state index is 12.7. The largest absolute Gasteiger partial charge is 0.497 e. The topological polar surface area (TPSA) is 69.9 Å². The van der Waals surface area contributed by atoms with E-state index in [9.17, 15) is 4.79 Å². The number of methoxy groups -OCH3 is 3. The number of nitrogens with one attached hydrogen (secondary N) is 1. The van der Waals surface area contributed by atoms with Crippen LogP contribution >= 0.6 is 0 Å². The molecule has 0 spiro atoms. The van der Waals surface area contributed by atoms with Gasteiger partial charge >= 0.3 is 0 Å². The molecule has 4 rings (SSSR count). The van der Waals surface area contributed by atoms with Gasteiger partial charge in [0.2, 0.25) is 5.91 Å². The molecule has 0 saturated heterocycles. The Morgan fingerprint density at radius 1 is 0.944 bits per heavy atom. The van der Waals surface area contributed by atoms with Crippen LogP contribution in [-0.2, 0) is 11.3 Å². The lowest BCUT2D eigenvalue weighted by Gasteiger charge is -2.14. The van der Waals surface area contributed by atoms with Crippen molar-refractivity contribution in [3.05, 3.63) is 83.1 Å². The average molecular weight is 486 g/mol. The van der Waals surface area contributed by atoms with Crippen LogP contribution in [0.2, 0.25) is 0 Å². The SMILES string of the molecule is COc1ccc(OC)c(-c2coc3c(C)c(OC)c(/C(C)=C/C(=O)NCc4ccc(C)cc4)cc23)c1. The molecule has 0 unspecified atom stereocenters. The van der Waals surface area contributed by atoms with Crippen molar-refractivity contribution in [2.45, 2.75) is 27.3 Å². The van der Waals surface area contributed by atoms with Gasteiger partial charge in [-0.3, -0.25) is 4.79 Å². The Bertz CT molecular complexity index is 1430. The second-order valence-electron chi connectivity index (χ2n) is 8.71. The number of rotatable bonds is 8. The first kappa shape index (κ1) is 24.9. The Kier molecular flexibility index (Phi) is 7.34. The zero-order valence-corrected chi connectivity index (χ0v) is 21.5. The maximum absolute atomic E-state index is 12.7. The van der Waals surface area contributed by atoms with Gasteiger partial charge in [-0.15, -0.1) is 0 Å². The Morgan fingerprint density at radius 3 is 2.36 bits per heavy atom. The van der Waals surface area contributed by atoms with Gasteiger partial charge in [0.15, 0.2) is 0 Å². The lowest BCUT2D eigenvalue weighted by Crippen LogP contribution is -2.20. The van der Waals surface area contributed by atoms with Crippen molar-refractivity contribution < 1.29 is 23.4 Å². The monoisotopic (exact) mass is 485 g/mol. The number of fused-ring (bicyclic) bond motifs is 1. The number of ether oxygens (including phenoxy) is 3. The summed E-state index contributed by atoms with van der Waals surface area (Å²) in [4.78, 5) is 12.7. The van der Waals surface area contributed by atoms with Gasteiger partial charge in [-0.1, -0.05) is 29.8 Å².